The molecule has 0 aromatic heterocycles. The van der Waals surface area contributed by atoms with Gasteiger partial charge in [-0.1, -0.05) is 12.1 Å². The summed E-state index contributed by atoms with van der Waals surface area (Å²) in [7, 11) is 0. The van der Waals surface area contributed by atoms with Crippen LogP contribution in [-0.2, 0) is 4.74 Å². The van der Waals surface area contributed by atoms with Crippen molar-refractivity contribution < 1.29 is 15.1 Å². The normalized spacial score (nSPS) is 24.7. The van der Waals surface area contributed by atoms with Gasteiger partial charge >= 0.3 is 0 Å². The van der Waals surface area contributed by atoms with Gasteiger partial charge in [0.1, 0.15) is 0 Å². The summed E-state index contributed by atoms with van der Waals surface area (Å²) in [6, 6.07) is 0. The van der Waals surface area contributed by atoms with E-state index in [0.29, 0.717) is 6.61 Å². The van der Waals surface area contributed by atoms with Crippen LogP contribution in [0, 0.1) is 0 Å². The minimum atomic E-state index is -0.345. The minimum Gasteiger partial charge on any atom is -0.411 e. The van der Waals surface area contributed by atoms with Crippen LogP contribution in [0.5, 0.6) is 0 Å². The van der Waals surface area contributed by atoms with E-state index < -0.39 is 0 Å². The first-order chi connectivity index (χ1) is 6.76. The highest BCUT2D eigenvalue weighted by Gasteiger charge is 2.18. The van der Waals surface area contributed by atoms with Crippen LogP contribution < -0.4 is 0 Å². The summed E-state index contributed by atoms with van der Waals surface area (Å²) in [6.07, 6.45) is 4.03. The smallest absolute Gasteiger partial charge is 0.0771 e. The number of oxime groups is 1. The molecule has 4 heteroatoms. The third-order valence-electron chi connectivity index (χ3n) is 2.65. The summed E-state index contributed by atoms with van der Waals surface area (Å²) in [5, 5.41) is 21.0. The van der Waals surface area contributed by atoms with E-state index in [4.69, 9.17) is 9.94 Å². The van der Waals surface area contributed by atoms with E-state index in [1.54, 1.807) is 0 Å². The molecule has 0 aromatic rings. The van der Waals surface area contributed by atoms with Crippen LogP contribution in [-0.4, -0.2) is 34.8 Å². The third kappa shape index (κ3) is 3.64. The van der Waals surface area contributed by atoms with Gasteiger partial charge < -0.3 is 15.1 Å². The van der Waals surface area contributed by atoms with Crippen LogP contribution in [0.25, 0.3) is 0 Å². The van der Waals surface area contributed by atoms with Crippen molar-refractivity contribution in [2.45, 2.75) is 51.2 Å². The van der Waals surface area contributed by atoms with Crippen molar-refractivity contribution in [3.63, 3.8) is 0 Å². The molecule has 1 unspecified atom stereocenters. The van der Waals surface area contributed by atoms with Crippen molar-refractivity contribution >= 4 is 5.71 Å². The van der Waals surface area contributed by atoms with E-state index in [9.17, 15) is 5.11 Å². The van der Waals surface area contributed by atoms with Gasteiger partial charge in [0, 0.05) is 0 Å². The molecule has 82 valence electrons. The Labute approximate surface area is 84.6 Å². The number of ether oxygens (including phenoxy) is 1. The largest absolute Gasteiger partial charge is 0.411 e. The van der Waals surface area contributed by atoms with Gasteiger partial charge in [0.15, 0.2) is 0 Å². The lowest BCUT2D eigenvalue weighted by Gasteiger charge is -2.23. The van der Waals surface area contributed by atoms with Gasteiger partial charge in [0.25, 0.3) is 0 Å². The monoisotopic (exact) mass is 201 g/mol. The number of nitrogens with zero attached hydrogens (tertiary/aromatic N) is 1. The lowest BCUT2D eigenvalue weighted by atomic mass is 9.96. The Bertz CT molecular complexity index is 184. The number of hydrogen-bond donors (Lipinski definition) is 2. The van der Waals surface area contributed by atoms with Gasteiger partial charge in [-0.15, -0.1) is 0 Å². The molecule has 1 saturated carbocycles. The predicted octanol–water partition coefficient (Wildman–Crippen LogP) is 1.55. The van der Waals surface area contributed by atoms with Crippen LogP contribution in [0.4, 0.5) is 0 Å². The van der Waals surface area contributed by atoms with Crippen molar-refractivity contribution in [2.75, 3.05) is 6.61 Å². The van der Waals surface area contributed by atoms with Crippen LogP contribution in [0.15, 0.2) is 5.16 Å². The maximum atomic E-state index is 9.30. The summed E-state index contributed by atoms with van der Waals surface area (Å²) in [5.41, 5.74) is 0.862. The quantitative estimate of drug-likeness (QED) is 0.536. The Morgan fingerprint density at radius 1 is 1.50 bits per heavy atom. The van der Waals surface area contributed by atoms with Crippen molar-refractivity contribution in [3.8, 4) is 0 Å². The lowest BCUT2D eigenvalue weighted by molar-refractivity contribution is -0.0178. The molecule has 0 heterocycles. The van der Waals surface area contributed by atoms with Gasteiger partial charge in [-0.25, -0.2) is 0 Å². The summed E-state index contributed by atoms with van der Waals surface area (Å²) < 4.78 is 5.54. The van der Waals surface area contributed by atoms with Crippen molar-refractivity contribution in [2.24, 2.45) is 5.16 Å². The first-order valence-corrected chi connectivity index (χ1v) is 5.25. The molecule has 14 heavy (non-hydrogen) atoms. The zero-order valence-electron chi connectivity index (χ0n) is 8.65. The third-order valence-corrected chi connectivity index (χ3v) is 2.65. The average Bonchev–Trinajstić information content (AvgIpc) is 2.26. The minimum absolute atomic E-state index is 0.224. The summed E-state index contributed by atoms with van der Waals surface area (Å²) in [5.74, 6) is 0. The van der Waals surface area contributed by atoms with Crippen LogP contribution in [0.1, 0.15) is 39.0 Å². The van der Waals surface area contributed by atoms with Crippen LogP contribution in [0.3, 0.4) is 0 Å². The number of hydrogen-bond acceptors (Lipinski definition) is 4. The van der Waals surface area contributed by atoms with Gasteiger partial charge in [-0.2, -0.15) is 0 Å². The predicted molar refractivity (Wildman–Crippen MR) is 53.7 cm³/mol. The second-order valence-corrected chi connectivity index (χ2v) is 3.76. The molecule has 0 saturated heterocycles. The molecule has 0 spiro atoms. The summed E-state index contributed by atoms with van der Waals surface area (Å²) in [6.45, 7) is 2.36. The number of aliphatic hydroxyl groups excluding tert-OH is 1. The summed E-state index contributed by atoms with van der Waals surface area (Å²) in [4.78, 5) is 0. The maximum absolute atomic E-state index is 9.30. The molecule has 1 aliphatic rings. The molecule has 0 aromatic carbocycles. The van der Waals surface area contributed by atoms with Crippen LogP contribution >= 0.6 is 0 Å². The molecule has 1 fully saturated rings. The van der Waals surface area contributed by atoms with Gasteiger partial charge in [-0.05, 0) is 32.1 Å². The fourth-order valence-corrected chi connectivity index (χ4v) is 1.56. The Morgan fingerprint density at radius 2 is 2.14 bits per heavy atom. The zero-order chi connectivity index (χ0) is 10.4. The molecule has 0 bridgehead atoms. The van der Waals surface area contributed by atoms with E-state index in [1.807, 2.05) is 6.92 Å². The van der Waals surface area contributed by atoms with Crippen molar-refractivity contribution in [3.05, 3.63) is 0 Å². The first kappa shape index (κ1) is 11.5. The average molecular weight is 201 g/mol. The molecule has 4 nitrogen and oxygen atoms in total. The van der Waals surface area contributed by atoms with Crippen molar-refractivity contribution in [1.29, 1.82) is 0 Å². The summed E-state index contributed by atoms with van der Waals surface area (Å²) >= 11 is 0. The molecule has 0 amide bonds. The van der Waals surface area contributed by atoms with Crippen LogP contribution in [0.2, 0.25) is 0 Å². The topological polar surface area (TPSA) is 62.0 Å². The Morgan fingerprint density at radius 3 is 2.64 bits per heavy atom. The highest BCUT2D eigenvalue weighted by Crippen LogP contribution is 2.19. The fourth-order valence-electron chi connectivity index (χ4n) is 1.56. The van der Waals surface area contributed by atoms with Gasteiger partial charge in [0.2, 0.25) is 0 Å². The highest BCUT2D eigenvalue weighted by molar-refractivity contribution is 5.84. The number of aliphatic hydroxyl groups is 1. The first-order valence-electron chi connectivity index (χ1n) is 5.25. The molecular formula is C10H19NO3. The maximum Gasteiger partial charge on any atom is 0.0771 e. The molecule has 0 aliphatic heterocycles. The van der Waals surface area contributed by atoms with E-state index in [1.165, 1.54) is 0 Å². The van der Waals surface area contributed by atoms with E-state index >= 15 is 0 Å². The Hall–Kier alpha value is -0.610. The molecular weight excluding hydrogens is 182 g/mol. The molecule has 1 rings (SSSR count). The van der Waals surface area contributed by atoms with Gasteiger partial charge in [-0.3, -0.25) is 0 Å². The Balaban J connectivity index is 2.16. The van der Waals surface area contributed by atoms with E-state index in [2.05, 4.69) is 5.16 Å². The second-order valence-electron chi connectivity index (χ2n) is 3.76. The molecule has 1 atom stereocenters. The van der Waals surface area contributed by atoms with E-state index in [-0.39, 0.29) is 12.2 Å². The van der Waals surface area contributed by atoms with E-state index in [0.717, 1.165) is 37.8 Å². The SMILES string of the molecule is CCC(O)COC1CCC(=NO)CC1. The standard InChI is InChI=1S/C10H19NO3/c1-2-9(12)7-14-10-5-3-8(11-13)4-6-10/h9-10,12-13H,2-7H2,1H3. The second kappa shape index (κ2) is 5.98. The highest BCUT2D eigenvalue weighted by atomic mass is 16.5. The molecule has 0 radical (unpaired) electrons. The van der Waals surface area contributed by atoms with Crippen molar-refractivity contribution in [1.82, 2.24) is 0 Å². The van der Waals surface area contributed by atoms with Gasteiger partial charge in [0.05, 0.1) is 24.5 Å². The Kier molecular flexibility index (Phi) is 4.90. The number of rotatable bonds is 4. The lowest BCUT2D eigenvalue weighted by Crippen LogP contribution is -2.25. The molecule has 2 N–H and O–H groups in total. The molecule has 1 aliphatic carbocycles. The fraction of sp³-hybridized carbons (Fsp3) is 0.900. The zero-order valence-corrected chi connectivity index (χ0v) is 8.65.